The quantitative estimate of drug-likeness (QED) is 0.153. The maximum absolute atomic E-state index is 13.9. The molecular weight excluding hydrogens is 678 g/mol. The molecule has 0 aliphatic carbocycles. The fraction of sp³-hybridized carbons (Fsp3) is 0.143. The van der Waals surface area contributed by atoms with Gasteiger partial charge in [-0.05, 0) is 35.4 Å². The van der Waals surface area contributed by atoms with E-state index >= 15 is 0 Å². The van der Waals surface area contributed by atoms with E-state index in [1.807, 2.05) is 0 Å². The maximum Gasteiger partial charge on any atom is 1.00 e. The van der Waals surface area contributed by atoms with Gasteiger partial charge in [0, 0.05) is 12.8 Å². The smallest absolute Gasteiger partial charge is 0.544 e. The Morgan fingerprint density at radius 1 is 0.800 bits per heavy atom. The van der Waals surface area contributed by atoms with E-state index in [0.717, 1.165) is 0 Å². The number of nitrogens with two attached hydrogens (primary N) is 2. The number of halogens is 7. The van der Waals surface area contributed by atoms with Crippen molar-refractivity contribution in [1.82, 2.24) is 9.97 Å². The van der Waals surface area contributed by atoms with Crippen LogP contribution in [0.4, 0.5) is 28.9 Å². The van der Waals surface area contributed by atoms with Crippen LogP contribution in [-0.2, 0) is 12.8 Å². The minimum Gasteiger partial charge on any atom is -0.544 e. The number of carboxylic acids is 1. The van der Waals surface area contributed by atoms with Crippen molar-refractivity contribution in [2.45, 2.75) is 27.7 Å². The third-order valence-electron chi connectivity index (χ3n) is 5.27. The molecule has 0 atom stereocenters. The first-order valence-electron chi connectivity index (χ1n) is 11.2. The van der Waals surface area contributed by atoms with Gasteiger partial charge in [-0.25, -0.2) is 32.3 Å². The summed E-state index contributed by atoms with van der Waals surface area (Å²) in [7, 11) is 0. The largest absolute Gasteiger partial charge is 1.00 e. The van der Waals surface area contributed by atoms with Crippen LogP contribution in [0.1, 0.15) is 58.3 Å². The Morgan fingerprint density at radius 3 is 1.51 bits per heavy atom. The van der Waals surface area contributed by atoms with E-state index in [1.165, 1.54) is 48.5 Å². The van der Waals surface area contributed by atoms with Crippen LogP contribution >= 0.6 is 23.2 Å². The molecule has 4 rings (SSSR count). The van der Waals surface area contributed by atoms with Gasteiger partial charge in [0.25, 0.3) is 0 Å². The molecule has 238 valence electrons. The second-order valence-corrected chi connectivity index (χ2v) is 8.91. The molecule has 2 heterocycles. The number of hydrogen-bond donors (Lipinski definition) is 3. The van der Waals surface area contributed by atoms with Crippen molar-refractivity contribution in [2.75, 3.05) is 11.5 Å². The monoisotopic (exact) mass is 702 g/mol. The summed E-state index contributed by atoms with van der Waals surface area (Å²) in [4.78, 5) is 29.2. The maximum atomic E-state index is 13.9. The van der Waals surface area contributed by atoms with Crippen molar-refractivity contribution in [3.8, 4) is 0 Å². The third kappa shape index (κ3) is 12.4. The molecule has 17 heteroatoms. The normalized spacial score (nSPS) is 9.51. The number of rotatable bonds is 6. The fourth-order valence-corrected chi connectivity index (χ4v) is 3.67. The molecule has 4 aromatic rings. The average Bonchev–Trinajstić information content (AvgIpc) is 2.96. The Balaban J connectivity index is 0. The summed E-state index contributed by atoms with van der Waals surface area (Å²) < 4.78 is 69.8. The summed E-state index contributed by atoms with van der Waals surface area (Å²) in [5.74, 6) is -3.85. The molecule has 5 N–H and O–H groups in total. The van der Waals surface area contributed by atoms with Gasteiger partial charge in [0.2, 0.25) is 0 Å². The Labute approximate surface area is 292 Å². The number of aromatic carboxylic acids is 1. The molecule has 45 heavy (non-hydrogen) atoms. The van der Waals surface area contributed by atoms with Crippen molar-refractivity contribution in [1.29, 1.82) is 0 Å². The standard InChI is InChI=1S/C13H9ClF2N2O2.C13H9ClF2N2O.2CH4.ClO2.Na/c14-9-11(17)10(16)8(18-12(9)13(19)20)5-6-1-3-7(15)4-2-6;14-11-10(6-19)18-9(12(16)13(11)17)5-7-1-3-8(15)4-2-7;;;2-1-3;/h1-4H,5H2,(H2,17,18)(H,19,20);1-4,6H,5H2,(H2,17,18);2*1H4;;/q;;;;-1;+1. The fourth-order valence-electron chi connectivity index (χ4n) is 3.29. The number of hydrogen-bond acceptors (Lipinski definition) is 8. The molecule has 0 radical (unpaired) electrons. The van der Waals surface area contributed by atoms with E-state index in [-0.39, 0.29) is 90.9 Å². The zero-order chi connectivity index (χ0) is 31.6. The van der Waals surface area contributed by atoms with Gasteiger partial charge in [-0.1, -0.05) is 62.3 Å². The number of carbonyl (C=O) groups is 2. The van der Waals surface area contributed by atoms with E-state index in [9.17, 15) is 27.2 Å². The first-order valence-corrected chi connectivity index (χ1v) is 12.5. The van der Waals surface area contributed by atoms with Crippen LogP contribution in [0.25, 0.3) is 0 Å². The summed E-state index contributed by atoms with van der Waals surface area (Å²) in [6.45, 7) is 0. The van der Waals surface area contributed by atoms with Gasteiger partial charge >= 0.3 is 35.5 Å². The number of carboxylic acid groups (broad SMARTS) is 1. The van der Waals surface area contributed by atoms with E-state index in [1.54, 1.807) is 0 Å². The van der Waals surface area contributed by atoms with Crippen LogP contribution in [0.15, 0.2) is 48.5 Å². The Kier molecular flexibility index (Phi) is 20.5. The van der Waals surface area contributed by atoms with Crippen molar-refractivity contribution in [2.24, 2.45) is 0 Å². The Bertz CT molecular complexity index is 1570. The molecule has 0 fully saturated rings. The van der Waals surface area contributed by atoms with Crippen LogP contribution in [0.3, 0.4) is 0 Å². The molecule has 0 unspecified atom stereocenters. The summed E-state index contributed by atoms with van der Waals surface area (Å²) in [5.41, 5.74) is 10.6. The first kappa shape index (κ1) is 44.1. The minimum atomic E-state index is -1.40. The molecule has 0 saturated heterocycles. The number of aromatic nitrogens is 2. The number of benzene rings is 2. The van der Waals surface area contributed by atoms with Crippen LogP contribution in [0, 0.1) is 34.6 Å². The van der Waals surface area contributed by atoms with Gasteiger partial charge < -0.3 is 25.9 Å². The van der Waals surface area contributed by atoms with Crippen LogP contribution < -0.4 is 50.3 Å². The third-order valence-corrected chi connectivity index (χ3v) is 6.05. The molecule has 0 spiro atoms. The van der Waals surface area contributed by atoms with E-state index in [2.05, 4.69) is 9.97 Å². The van der Waals surface area contributed by atoms with E-state index in [0.29, 0.717) is 17.4 Å². The van der Waals surface area contributed by atoms with Gasteiger partial charge in [-0.3, -0.25) is 4.79 Å². The van der Waals surface area contributed by atoms with Crippen molar-refractivity contribution >= 4 is 46.8 Å². The van der Waals surface area contributed by atoms with E-state index < -0.39 is 51.2 Å². The number of pyridine rings is 2. The van der Waals surface area contributed by atoms with Gasteiger partial charge in [0.05, 0.1) is 44.1 Å². The number of carbonyl (C=O) groups excluding carboxylic acids is 1. The molecule has 2 aromatic carbocycles. The molecule has 9 nitrogen and oxygen atoms in total. The second kappa shape index (κ2) is 20.9. The van der Waals surface area contributed by atoms with Crippen LogP contribution in [-0.4, -0.2) is 27.3 Å². The minimum absolute atomic E-state index is 0. The molecule has 0 aliphatic rings. The average molecular weight is 704 g/mol. The summed E-state index contributed by atoms with van der Waals surface area (Å²) in [6, 6.07) is 10.8. The molecule has 0 aliphatic heterocycles. The summed E-state index contributed by atoms with van der Waals surface area (Å²) in [6.07, 6.45) is 0.481. The molecule has 0 bridgehead atoms. The van der Waals surface area contributed by atoms with Crippen molar-refractivity contribution in [3.05, 3.63) is 116 Å². The number of nitrogens with zero attached hydrogens (tertiary/aromatic N) is 2. The van der Waals surface area contributed by atoms with E-state index in [4.69, 9.17) is 49.1 Å². The molecule has 2 aromatic heterocycles. The van der Waals surface area contributed by atoms with Crippen molar-refractivity contribution in [3.63, 3.8) is 0 Å². The molecule has 0 saturated carbocycles. The zero-order valence-corrected chi connectivity index (χ0v) is 26.2. The summed E-state index contributed by atoms with van der Waals surface area (Å²) in [5, 5.41) is 8.30. The number of aldehydes is 1. The van der Waals surface area contributed by atoms with Gasteiger partial charge in [-0.2, -0.15) is 0 Å². The van der Waals surface area contributed by atoms with Crippen LogP contribution in [0.2, 0.25) is 10.0 Å². The van der Waals surface area contributed by atoms with Crippen LogP contribution in [0.5, 0.6) is 0 Å². The number of anilines is 2. The predicted molar refractivity (Wildman–Crippen MR) is 151 cm³/mol. The van der Waals surface area contributed by atoms with Crippen molar-refractivity contribution < 1.29 is 82.5 Å². The second-order valence-electron chi connectivity index (χ2n) is 8.03. The van der Waals surface area contributed by atoms with Gasteiger partial charge in [-0.15, -0.1) is 0 Å². The Hall–Kier alpha value is -3.01. The molecular formula is C28H26Cl3F4N4NaO5. The topological polar surface area (TPSA) is 178 Å². The SMILES string of the molecule is C.C.Nc1c(F)c(Cc2ccc(F)cc2)nc(C(=O)O)c1Cl.Nc1c(F)c(Cc2ccc(F)cc2)nc(C=O)c1Cl.[Na+].[O-][Cl+][O-]. The first-order chi connectivity index (χ1) is 19.8. The zero-order valence-electron chi connectivity index (χ0n) is 21.9. The Morgan fingerprint density at radius 2 is 1.16 bits per heavy atom. The predicted octanol–water partition coefficient (Wildman–Crippen LogP) is 1.78. The summed E-state index contributed by atoms with van der Waals surface area (Å²) >= 11 is 10.9. The molecule has 0 amide bonds. The number of nitrogen functional groups attached to an aromatic ring is 2. The van der Waals surface area contributed by atoms with Gasteiger partial charge in [0.1, 0.15) is 17.3 Å². The van der Waals surface area contributed by atoms with Gasteiger partial charge in [0.15, 0.2) is 23.6 Å².